The molecule has 0 saturated carbocycles. The summed E-state index contributed by atoms with van der Waals surface area (Å²) in [4.78, 5) is 27.7. The first-order valence-electron chi connectivity index (χ1n) is 8.31. The van der Waals surface area contributed by atoms with Crippen LogP contribution in [0.4, 0.5) is 5.69 Å². The van der Waals surface area contributed by atoms with Gasteiger partial charge in [0, 0.05) is 32.5 Å². The van der Waals surface area contributed by atoms with E-state index in [0.717, 1.165) is 5.69 Å². The Morgan fingerprint density at radius 2 is 1.93 bits per heavy atom. The van der Waals surface area contributed by atoms with Crippen LogP contribution in [0.25, 0.3) is 5.69 Å². The zero-order valence-corrected chi connectivity index (χ0v) is 15.9. The summed E-state index contributed by atoms with van der Waals surface area (Å²) in [5.74, 6) is -1.60. The fraction of sp³-hybridized carbons (Fsp3) is 0.375. The topological polar surface area (TPSA) is 126 Å². The van der Waals surface area contributed by atoms with Gasteiger partial charge in [-0.1, -0.05) is 0 Å². The van der Waals surface area contributed by atoms with E-state index < -0.39 is 21.8 Å². The Morgan fingerprint density at radius 3 is 2.59 bits per heavy atom. The first-order chi connectivity index (χ1) is 12.8. The zero-order chi connectivity index (χ0) is 19.9. The Hall–Kier alpha value is -2.79. The average molecular weight is 394 g/mol. The minimum absolute atomic E-state index is 0.0193. The van der Waals surface area contributed by atoms with Crippen molar-refractivity contribution in [3.05, 3.63) is 36.9 Å². The van der Waals surface area contributed by atoms with E-state index in [0.29, 0.717) is 12.1 Å². The van der Waals surface area contributed by atoms with Gasteiger partial charge in [0.05, 0.1) is 29.5 Å². The minimum atomic E-state index is -3.25. The molecule has 0 aliphatic rings. The van der Waals surface area contributed by atoms with E-state index in [9.17, 15) is 18.0 Å². The van der Waals surface area contributed by atoms with Crippen molar-refractivity contribution < 1.29 is 18.0 Å². The summed E-state index contributed by atoms with van der Waals surface area (Å²) in [7, 11) is -1.77. The lowest BCUT2D eigenvalue weighted by Crippen LogP contribution is -2.37. The Labute approximate surface area is 157 Å². The van der Waals surface area contributed by atoms with Gasteiger partial charge in [-0.05, 0) is 25.5 Å². The molecule has 2 aromatic heterocycles. The number of anilines is 1. The molecule has 2 rings (SSSR count). The molecule has 0 saturated heterocycles. The van der Waals surface area contributed by atoms with Crippen LogP contribution in [0.2, 0.25) is 0 Å². The summed E-state index contributed by atoms with van der Waals surface area (Å²) in [6.45, 7) is 2.01. The van der Waals surface area contributed by atoms with E-state index in [-0.39, 0.29) is 18.8 Å². The van der Waals surface area contributed by atoms with Crippen molar-refractivity contribution in [1.82, 2.24) is 24.4 Å². The lowest BCUT2D eigenvalue weighted by molar-refractivity contribution is -0.136. The fourth-order valence-corrected chi connectivity index (χ4v) is 3.00. The number of sulfonamides is 1. The molecule has 0 radical (unpaired) electrons. The van der Waals surface area contributed by atoms with Crippen LogP contribution in [0.1, 0.15) is 13.3 Å². The van der Waals surface area contributed by atoms with Gasteiger partial charge in [-0.25, -0.2) is 17.4 Å². The lowest BCUT2D eigenvalue weighted by Gasteiger charge is -2.15. The van der Waals surface area contributed by atoms with E-state index in [1.807, 2.05) is 0 Å². The normalized spacial score (nSPS) is 11.4. The monoisotopic (exact) mass is 394 g/mol. The quantitative estimate of drug-likeness (QED) is 0.479. The first-order valence-corrected chi connectivity index (χ1v) is 9.92. The summed E-state index contributed by atoms with van der Waals surface area (Å²) < 4.78 is 26.0. The molecular weight excluding hydrogens is 372 g/mol. The number of carbonyl (C=O) groups excluding carboxylic acids is 2. The van der Waals surface area contributed by atoms with Crippen molar-refractivity contribution in [3.63, 3.8) is 0 Å². The molecule has 0 spiro atoms. The van der Waals surface area contributed by atoms with E-state index in [1.54, 1.807) is 42.3 Å². The first kappa shape index (κ1) is 20.5. The molecule has 2 heterocycles. The number of rotatable bonds is 8. The maximum atomic E-state index is 11.9. The van der Waals surface area contributed by atoms with Crippen molar-refractivity contribution >= 4 is 27.5 Å². The van der Waals surface area contributed by atoms with Gasteiger partial charge in [-0.15, -0.1) is 0 Å². The molecule has 2 aromatic rings. The largest absolute Gasteiger partial charge is 0.348 e. The van der Waals surface area contributed by atoms with Gasteiger partial charge >= 0.3 is 11.8 Å². The molecule has 0 aromatic carbocycles. The molecule has 2 amide bonds. The molecule has 27 heavy (non-hydrogen) atoms. The van der Waals surface area contributed by atoms with Crippen molar-refractivity contribution in [1.29, 1.82) is 0 Å². The predicted octanol–water partition coefficient (Wildman–Crippen LogP) is -0.00640. The highest BCUT2D eigenvalue weighted by atomic mass is 32.2. The number of nitrogens with one attached hydrogen (secondary N) is 2. The van der Waals surface area contributed by atoms with Crippen molar-refractivity contribution in [3.8, 4) is 5.69 Å². The van der Waals surface area contributed by atoms with E-state index in [4.69, 9.17) is 0 Å². The summed E-state index contributed by atoms with van der Waals surface area (Å²) >= 11 is 0. The van der Waals surface area contributed by atoms with Crippen LogP contribution in [0, 0.1) is 0 Å². The second kappa shape index (κ2) is 9.24. The number of pyridine rings is 1. The van der Waals surface area contributed by atoms with E-state index >= 15 is 0 Å². The van der Waals surface area contributed by atoms with Crippen LogP contribution in [-0.2, 0) is 19.6 Å². The smallest absolute Gasteiger partial charge is 0.313 e. The molecule has 11 heteroatoms. The highest BCUT2D eigenvalue weighted by Gasteiger charge is 2.16. The third kappa shape index (κ3) is 5.86. The Balaban J connectivity index is 1.78. The Bertz CT molecular complexity index is 881. The number of hydrogen-bond donors (Lipinski definition) is 2. The van der Waals surface area contributed by atoms with Crippen molar-refractivity contribution in [2.45, 2.75) is 13.3 Å². The van der Waals surface area contributed by atoms with Gasteiger partial charge in [-0.2, -0.15) is 5.10 Å². The highest BCUT2D eigenvalue weighted by molar-refractivity contribution is 7.89. The number of aromatic nitrogens is 3. The molecule has 2 N–H and O–H groups in total. The standard InChI is InChI=1S/C16H22N6O4S/c1-3-27(25,26)21(2)10-4-7-18-15(23)16(24)20-13-11-19-22(12-13)14-5-8-17-9-6-14/h5-6,8-9,11-12H,3-4,7,10H2,1-2H3,(H,18,23)(H,20,24). The van der Waals surface area contributed by atoms with Crippen LogP contribution < -0.4 is 10.6 Å². The van der Waals surface area contributed by atoms with E-state index in [2.05, 4.69) is 20.7 Å². The van der Waals surface area contributed by atoms with Gasteiger partial charge < -0.3 is 10.6 Å². The molecular formula is C16H22N6O4S. The van der Waals surface area contributed by atoms with Crippen LogP contribution in [-0.4, -0.2) is 65.2 Å². The van der Waals surface area contributed by atoms with Gasteiger partial charge in [0.25, 0.3) is 0 Å². The molecule has 0 atom stereocenters. The van der Waals surface area contributed by atoms with Crippen molar-refractivity contribution in [2.75, 3.05) is 31.2 Å². The molecule has 0 aliphatic heterocycles. The molecule has 0 aliphatic carbocycles. The van der Waals surface area contributed by atoms with E-state index in [1.165, 1.54) is 17.5 Å². The third-order valence-electron chi connectivity index (χ3n) is 3.75. The summed E-state index contributed by atoms with van der Waals surface area (Å²) in [5.41, 5.74) is 1.14. The summed E-state index contributed by atoms with van der Waals surface area (Å²) in [6, 6.07) is 3.50. The van der Waals surface area contributed by atoms with Crippen LogP contribution >= 0.6 is 0 Å². The van der Waals surface area contributed by atoms with Crippen LogP contribution in [0.15, 0.2) is 36.9 Å². The molecule has 10 nitrogen and oxygen atoms in total. The summed E-state index contributed by atoms with van der Waals surface area (Å²) in [6.07, 6.45) is 6.63. The third-order valence-corrected chi connectivity index (χ3v) is 5.61. The molecule has 0 bridgehead atoms. The fourth-order valence-electron chi connectivity index (χ4n) is 2.16. The molecule has 0 fully saturated rings. The second-order valence-electron chi connectivity index (χ2n) is 5.66. The number of nitrogens with zero attached hydrogens (tertiary/aromatic N) is 4. The van der Waals surface area contributed by atoms with Gasteiger partial charge in [-0.3, -0.25) is 14.6 Å². The molecule has 0 unspecified atom stereocenters. The zero-order valence-electron chi connectivity index (χ0n) is 15.1. The van der Waals surface area contributed by atoms with Crippen LogP contribution in [0.5, 0.6) is 0 Å². The molecule has 146 valence electrons. The SMILES string of the molecule is CCS(=O)(=O)N(C)CCCNC(=O)C(=O)Nc1cnn(-c2ccncc2)c1. The van der Waals surface area contributed by atoms with Crippen LogP contribution in [0.3, 0.4) is 0 Å². The maximum Gasteiger partial charge on any atom is 0.313 e. The second-order valence-corrected chi connectivity index (χ2v) is 8.03. The minimum Gasteiger partial charge on any atom is -0.348 e. The van der Waals surface area contributed by atoms with Gasteiger partial charge in [0.15, 0.2) is 0 Å². The predicted molar refractivity (Wildman–Crippen MR) is 99.7 cm³/mol. The number of carbonyl (C=O) groups is 2. The number of amides is 2. The lowest BCUT2D eigenvalue weighted by atomic mass is 10.4. The average Bonchev–Trinajstić information content (AvgIpc) is 3.13. The Morgan fingerprint density at radius 1 is 1.22 bits per heavy atom. The number of hydrogen-bond acceptors (Lipinski definition) is 6. The maximum absolute atomic E-state index is 11.9. The van der Waals surface area contributed by atoms with Gasteiger partial charge in [0.2, 0.25) is 10.0 Å². The van der Waals surface area contributed by atoms with Gasteiger partial charge in [0.1, 0.15) is 0 Å². The van der Waals surface area contributed by atoms with Crippen molar-refractivity contribution in [2.24, 2.45) is 0 Å². The Kier molecular flexibility index (Phi) is 7.02. The summed E-state index contributed by atoms with van der Waals surface area (Å²) in [5, 5.41) is 9.02. The highest BCUT2D eigenvalue weighted by Crippen LogP contribution is 2.10.